The van der Waals surface area contributed by atoms with Crippen LogP contribution in [0.2, 0.25) is 0 Å². The largest absolute Gasteiger partial charge is 0.469 e. The zero-order valence-corrected chi connectivity index (χ0v) is 13.2. The fourth-order valence-electron chi connectivity index (χ4n) is 2.23. The van der Waals surface area contributed by atoms with E-state index in [-0.39, 0.29) is 11.9 Å². The van der Waals surface area contributed by atoms with Gasteiger partial charge in [-0.3, -0.25) is 9.59 Å². The molecule has 0 aliphatic carbocycles. The van der Waals surface area contributed by atoms with Gasteiger partial charge in [-0.05, 0) is 36.1 Å². The molecule has 0 saturated heterocycles. The van der Waals surface area contributed by atoms with Crippen molar-refractivity contribution in [2.75, 3.05) is 13.7 Å². The normalized spacial score (nSPS) is 10.1. The minimum absolute atomic E-state index is 0.0553. The van der Waals surface area contributed by atoms with Crippen LogP contribution in [0.1, 0.15) is 27.9 Å². The van der Waals surface area contributed by atoms with Crippen LogP contribution in [-0.2, 0) is 22.4 Å². The van der Waals surface area contributed by atoms with Gasteiger partial charge in [-0.1, -0.05) is 42.5 Å². The van der Waals surface area contributed by atoms with E-state index in [0.717, 1.165) is 17.5 Å². The predicted octanol–water partition coefficient (Wildman–Crippen LogP) is 2.76. The molecule has 0 radical (unpaired) electrons. The third kappa shape index (κ3) is 5.58. The molecule has 4 heteroatoms. The Morgan fingerprint density at radius 3 is 2.13 bits per heavy atom. The number of hydrogen-bond donors (Lipinski definition) is 1. The molecular weight excluding hydrogens is 290 g/mol. The van der Waals surface area contributed by atoms with Gasteiger partial charge in [-0.25, -0.2) is 0 Å². The molecule has 120 valence electrons. The van der Waals surface area contributed by atoms with Crippen molar-refractivity contribution < 1.29 is 14.3 Å². The van der Waals surface area contributed by atoms with E-state index in [9.17, 15) is 9.59 Å². The summed E-state index contributed by atoms with van der Waals surface area (Å²) in [4.78, 5) is 23.0. The van der Waals surface area contributed by atoms with Crippen molar-refractivity contribution in [3.05, 3.63) is 71.3 Å². The molecular formula is C19H21NO3. The first kappa shape index (κ1) is 16.7. The monoisotopic (exact) mass is 311 g/mol. The van der Waals surface area contributed by atoms with Gasteiger partial charge in [0.05, 0.1) is 7.11 Å². The average molecular weight is 311 g/mol. The zero-order chi connectivity index (χ0) is 16.5. The van der Waals surface area contributed by atoms with Gasteiger partial charge < -0.3 is 10.1 Å². The van der Waals surface area contributed by atoms with E-state index in [4.69, 9.17) is 0 Å². The molecule has 0 aliphatic rings. The number of nitrogens with one attached hydrogen (secondary N) is 1. The molecule has 0 bridgehead atoms. The minimum atomic E-state index is -0.197. The van der Waals surface area contributed by atoms with Crippen LogP contribution in [-0.4, -0.2) is 25.5 Å². The highest BCUT2D eigenvalue weighted by Crippen LogP contribution is 2.08. The van der Waals surface area contributed by atoms with Crippen LogP contribution in [0.25, 0.3) is 0 Å². The molecule has 1 N–H and O–H groups in total. The Labute approximate surface area is 136 Å². The number of carbonyl (C=O) groups excluding carboxylic acids is 2. The average Bonchev–Trinajstić information content (AvgIpc) is 2.61. The Bertz CT molecular complexity index is 635. The quantitative estimate of drug-likeness (QED) is 0.800. The maximum Gasteiger partial charge on any atom is 0.305 e. The van der Waals surface area contributed by atoms with E-state index in [1.54, 1.807) is 12.1 Å². The standard InChI is InChI=1S/C19H21NO3/c1-23-18(21)12-11-15-7-9-16(10-8-15)13-14-20-19(22)17-5-3-2-4-6-17/h2-10H,11-14H2,1H3,(H,20,22). The number of hydrogen-bond acceptors (Lipinski definition) is 3. The second-order valence-electron chi connectivity index (χ2n) is 5.26. The topological polar surface area (TPSA) is 55.4 Å². The van der Waals surface area contributed by atoms with Crippen molar-refractivity contribution in [2.24, 2.45) is 0 Å². The Morgan fingerprint density at radius 1 is 0.913 bits per heavy atom. The lowest BCUT2D eigenvalue weighted by molar-refractivity contribution is -0.140. The fraction of sp³-hybridized carbons (Fsp3) is 0.263. The van der Waals surface area contributed by atoms with Crippen LogP contribution in [0.3, 0.4) is 0 Å². The van der Waals surface area contributed by atoms with Crippen LogP contribution in [0.15, 0.2) is 54.6 Å². The molecule has 0 saturated carbocycles. The lowest BCUT2D eigenvalue weighted by Gasteiger charge is -2.06. The van der Waals surface area contributed by atoms with E-state index in [1.165, 1.54) is 7.11 Å². The zero-order valence-electron chi connectivity index (χ0n) is 13.2. The first-order valence-corrected chi connectivity index (χ1v) is 7.67. The molecule has 0 aliphatic heterocycles. The van der Waals surface area contributed by atoms with Crippen molar-refractivity contribution in [2.45, 2.75) is 19.3 Å². The highest BCUT2D eigenvalue weighted by Gasteiger charge is 2.04. The summed E-state index contributed by atoms with van der Waals surface area (Å²) in [6.07, 6.45) is 1.84. The summed E-state index contributed by atoms with van der Waals surface area (Å²) in [6, 6.07) is 17.3. The SMILES string of the molecule is COC(=O)CCc1ccc(CCNC(=O)c2ccccc2)cc1. The van der Waals surface area contributed by atoms with Gasteiger partial charge in [-0.2, -0.15) is 0 Å². The van der Waals surface area contributed by atoms with Crippen molar-refractivity contribution in [3.63, 3.8) is 0 Å². The van der Waals surface area contributed by atoms with Crippen molar-refractivity contribution >= 4 is 11.9 Å². The number of benzene rings is 2. The number of methoxy groups -OCH3 is 1. The molecule has 2 rings (SSSR count). The third-order valence-electron chi connectivity index (χ3n) is 3.60. The van der Waals surface area contributed by atoms with E-state index >= 15 is 0 Å². The molecule has 1 amide bonds. The number of aryl methyl sites for hydroxylation is 1. The van der Waals surface area contributed by atoms with Crippen molar-refractivity contribution in [1.82, 2.24) is 5.32 Å². The van der Waals surface area contributed by atoms with Gasteiger partial charge in [0.15, 0.2) is 0 Å². The van der Waals surface area contributed by atoms with Crippen molar-refractivity contribution in [1.29, 1.82) is 0 Å². The van der Waals surface area contributed by atoms with Crippen LogP contribution in [0, 0.1) is 0 Å². The molecule has 0 unspecified atom stereocenters. The first-order valence-electron chi connectivity index (χ1n) is 7.67. The summed E-state index contributed by atoms with van der Waals surface area (Å²) in [5, 5.41) is 2.91. The van der Waals surface area contributed by atoms with Crippen LogP contribution in [0.5, 0.6) is 0 Å². The number of esters is 1. The fourth-order valence-corrected chi connectivity index (χ4v) is 2.23. The van der Waals surface area contributed by atoms with Gasteiger partial charge in [0.2, 0.25) is 0 Å². The number of rotatable bonds is 7. The second-order valence-corrected chi connectivity index (χ2v) is 5.26. The lowest BCUT2D eigenvalue weighted by atomic mass is 10.1. The minimum Gasteiger partial charge on any atom is -0.469 e. The van der Waals surface area contributed by atoms with E-state index in [1.807, 2.05) is 42.5 Å². The Hall–Kier alpha value is -2.62. The molecule has 23 heavy (non-hydrogen) atoms. The summed E-state index contributed by atoms with van der Waals surface area (Å²) < 4.78 is 4.63. The second kappa shape index (κ2) is 8.73. The molecule has 0 heterocycles. The lowest BCUT2D eigenvalue weighted by Crippen LogP contribution is -2.25. The summed E-state index contributed by atoms with van der Waals surface area (Å²) in [5.74, 6) is -0.252. The number of ether oxygens (including phenoxy) is 1. The van der Waals surface area contributed by atoms with Gasteiger partial charge in [-0.15, -0.1) is 0 Å². The summed E-state index contributed by atoms with van der Waals surface area (Å²) in [7, 11) is 1.40. The maximum atomic E-state index is 11.9. The summed E-state index contributed by atoms with van der Waals surface area (Å²) in [5.41, 5.74) is 2.93. The molecule has 0 atom stereocenters. The van der Waals surface area contributed by atoms with Crippen LogP contribution in [0.4, 0.5) is 0 Å². The van der Waals surface area contributed by atoms with E-state index in [0.29, 0.717) is 24.9 Å². The summed E-state index contributed by atoms with van der Waals surface area (Å²) >= 11 is 0. The van der Waals surface area contributed by atoms with Crippen LogP contribution < -0.4 is 5.32 Å². The summed E-state index contributed by atoms with van der Waals surface area (Å²) in [6.45, 7) is 0.592. The molecule has 0 fully saturated rings. The molecule has 2 aromatic carbocycles. The van der Waals surface area contributed by atoms with Gasteiger partial charge in [0.1, 0.15) is 0 Å². The smallest absolute Gasteiger partial charge is 0.305 e. The number of amides is 1. The third-order valence-corrected chi connectivity index (χ3v) is 3.60. The molecule has 2 aromatic rings. The van der Waals surface area contributed by atoms with Gasteiger partial charge in [0.25, 0.3) is 5.91 Å². The Kier molecular flexibility index (Phi) is 6.36. The number of carbonyl (C=O) groups is 2. The van der Waals surface area contributed by atoms with Crippen molar-refractivity contribution in [3.8, 4) is 0 Å². The Morgan fingerprint density at radius 2 is 1.52 bits per heavy atom. The Balaban J connectivity index is 1.76. The predicted molar refractivity (Wildman–Crippen MR) is 89.3 cm³/mol. The van der Waals surface area contributed by atoms with Gasteiger partial charge >= 0.3 is 5.97 Å². The molecule has 4 nitrogen and oxygen atoms in total. The highest BCUT2D eigenvalue weighted by atomic mass is 16.5. The first-order chi connectivity index (χ1) is 11.2. The van der Waals surface area contributed by atoms with E-state index in [2.05, 4.69) is 10.1 Å². The maximum absolute atomic E-state index is 11.9. The highest BCUT2D eigenvalue weighted by molar-refractivity contribution is 5.94. The van der Waals surface area contributed by atoms with Crippen LogP contribution >= 0.6 is 0 Å². The molecule has 0 spiro atoms. The molecule has 0 aromatic heterocycles. The van der Waals surface area contributed by atoms with E-state index < -0.39 is 0 Å². The van der Waals surface area contributed by atoms with Gasteiger partial charge in [0, 0.05) is 18.5 Å².